The Labute approximate surface area is 229 Å². The van der Waals surface area contributed by atoms with Crippen LogP contribution in [0.1, 0.15) is 50.8 Å². The fraction of sp³-hybridized carbons (Fsp3) is 0.467. The predicted octanol–water partition coefficient (Wildman–Crippen LogP) is 3.85. The molecule has 0 aromatic heterocycles. The summed E-state index contributed by atoms with van der Waals surface area (Å²) in [5, 5.41) is 0. The molecule has 2 aliphatic rings. The van der Waals surface area contributed by atoms with E-state index in [0.29, 0.717) is 25.1 Å². The fourth-order valence-electron chi connectivity index (χ4n) is 4.99. The number of likely N-dealkylation sites (tertiary alicyclic amines) is 1. The number of ether oxygens (including phenoxy) is 2. The van der Waals surface area contributed by atoms with E-state index in [1.165, 1.54) is 14.7 Å². The quantitative estimate of drug-likeness (QED) is 0.500. The molecule has 39 heavy (non-hydrogen) atoms. The maximum atomic E-state index is 13.8. The van der Waals surface area contributed by atoms with Gasteiger partial charge < -0.3 is 14.4 Å². The van der Waals surface area contributed by atoms with Gasteiger partial charge in [-0.25, -0.2) is 4.79 Å². The lowest BCUT2D eigenvalue weighted by Crippen LogP contribution is -2.63. The molecule has 0 unspecified atom stereocenters. The lowest BCUT2D eigenvalue weighted by Gasteiger charge is -2.44. The number of nitrogens with zero attached hydrogens (tertiary/aromatic N) is 3. The highest BCUT2D eigenvalue weighted by molar-refractivity contribution is 6.05. The number of hydrogen-bond donors (Lipinski definition) is 0. The van der Waals surface area contributed by atoms with Crippen LogP contribution in [0.15, 0.2) is 48.5 Å². The molecule has 208 valence electrons. The maximum absolute atomic E-state index is 13.8. The summed E-state index contributed by atoms with van der Waals surface area (Å²) < 4.78 is 10.9. The third kappa shape index (κ3) is 6.41. The van der Waals surface area contributed by atoms with Crippen molar-refractivity contribution in [2.75, 3.05) is 24.5 Å². The topological polar surface area (TPSA) is 96.5 Å². The number of hydrogen-bond acceptors (Lipinski definition) is 6. The number of carbonyl (C=O) groups excluding carboxylic acids is 4. The number of fused-ring (bicyclic) bond motifs is 1. The van der Waals surface area contributed by atoms with Gasteiger partial charge >= 0.3 is 12.1 Å². The van der Waals surface area contributed by atoms with E-state index in [2.05, 4.69) is 0 Å². The minimum absolute atomic E-state index is 0.117. The molecule has 2 heterocycles. The van der Waals surface area contributed by atoms with E-state index in [1.807, 2.05) is 62.4 Å². The number of anilines is 1. The van der Waals surface area contributed by atoms with Gasteiger partial charge in [-0.05, 0) is 63.8 Å². The molecule has 0 saturated carbocycles. The molecular weight excluding hydrogens is 498 g/mol. The lowest BCUT2D eigenvalue weighted by atomic mass is 9.93. The summed E-state index contributed by atoms with van der Waals surface area (Å²) in [5.41, 5.74) is 2.64. The van der Waals surface area contributed by atoms with Crippen molar-refractivity contribution in [3.63, 3.8) is 0 Å². The van der Waals surface area contributed by atoms with E-state index in [9.17, 15) is 19.2 Å². The second-order valence-corrected chi connectivity index (χ2v) is 11.0. The van der Waals surface area contributed by atoms with Gasteiger partial charge in [-0.3, -0.25) is 24.2 Å². The average molecular weight is 536 g/mol. The van der Waals surface area contributed by atoms with E-state index in [1.54, 1.807) is 20.8 Å². The van der Waals surface area contributed by atoms with Crippen molar-refractivity contribution in [2.24, 2.45) is 0 Å². The number of likely N-dealkylation sites (N-methyl/N-ethyl adjacent to an activating group) is 1. The van der Waals surface area contributed by atoms with Crippen molar-refractivity contribution in [3.05, 3.63) is 65.2 Å². The van der Waals surface area contributed by atoms with E-state index in [-0.39, 0.29) is 31.5 Å². The number of rotatable bonds is 7. The largest absolute Gasteiger partial charge is 0.459 e. The van der Waals surface area contributed by atoms with E-state index in [0.717, 1.165) is 16.7 Å². The first-order chi connectivity index (χ1) is 18.5. The van der Waals surface area contributed by atoms with Crippen molar-refractivity contribution < 1.29 is 28.7 Å². The van der Waals surface area contributed by atoms with Gasteiger partial charge in [0.1, 0.15) is 30.8 Å². The molecule has 9 nitrogen and oxygen atoms in total. The summed E-state index contributed by atoms with van der Waals surface area (Å²) >= 11 is 0. The van der Waals surface area contributed by atoms with Crippen molar-refractivity contribution in [1.82, 2.24) is 9.80 Å². The molecular formula is C30H37N3O6. The second kappa shape index (κ2) is 11.5. The summed E-state index contributed by atoms with van der Waals surface area (Å²) in [5.74, 6) is -1.16. The Balaban J connectivity index is 1.51. The molecule has 0 spiro atoms. The molecule has 0 radical (unpaired) electrons. The normalized spacial score (nSPS) is 18.6. The molecule has 2 aromatic carbocycles. The van der Waals surface area contributed by atoms with Crippen LogP contribution in [0.5, 0.6) is 0 Å². The predicted molar refractivity (Wildman–Crippen MR) is 146 cm³/mol. The molecule has 2 aromatic rings. The van der Waals surface area contributed by atoms with Gasteiger partial charge in [-0.15, -0.1) is 0 Å². The summed E-state index contributed by atoms with van der Waals surface area (Å²) in [7, 11) is 0. The van der Waals surface area contributed by atoms with Crippen molar-refractivity contribution >= 4 is 29.6 Å². The number of amides is 3. The van der Waals surface area contributed by atoms with E-state index < -0.39 is 29.7 Å². The lowest BCUT2D eigenvalue weighted by molar-refractivity contribution is -0.154. The fourth-order valence-corrected chi connectivity index (χ4v) is 4.99. The van der Waals surface area contributed by atoms with E-state index >= 15 is 0 Å². The molecule has 2 atom stereocenters. The van der Waals surface area contributed by atoms with Gasteiger partial charge in [-0.2, -0.15) is 0 Å². The standard InChI is InChI=1S/C30H37N3O6/c1-6-31(27(35)23-14-15-32(23)29(37)38-19-21-10-8-7-9-11-21)25-17-22-13-12-20(2)16-24(22)33(28(25)36)18-26(34)39-30(3,4)5/h7-13,16,23,25H,6,14-15,17-19H2,1-5H3/t23-,25-/m0/s1. The highest BCUT2D eigenvalue weighted by atomic mass is 16.6. The third-order valence-electron chi connectivity index (χ3n) is 6.95. The Bertz CT molecular complexity index is 1240. The molecule has 0 bridgehead atoms. The molecule has 4 rings (SSSR count). The molecule has 2 aliphatic heterocycles. The zero-order valence-electron chi connectivity index (χ0n) is 23.3. The van der Waals surface area contributed by atoms with Crippen LogP contribution >= 0.6 is 0 Å². The minimum atomic E-state index is -0.803. The molecule has 3 amide bonds. The third-order valence-corrected chi connectivity index (χ3v) is 6.95. The summed E-state index contributed by atoms with van der Waals surface area (Å²) in [6.07, 6.45) is 0.264. The molecule has 0 aliphatic carbocycles. The van der Waals surface area contributed by atoms with Crippen LogP contribution in [0, 0.1) is 6.92 Å². The van der Waals surface area contributed by atoms with Crippen LogP contribution < -0.4 is 4.90 Å². The van der Waals surface area contributed by atoms with Crippen LogP contribution in [0.4, 0.5) is 10.5 Å². The number of aryl methyl sites for hydroxylation is 1. The smallest absolute Gasteiger partial charge is 0.410 e. The molecule has 0 N–H and O–H groups in total. The Hall–Kier alpha value is -3.88. The Morgan fingerprint density at radius 3 is 2.41 bits per heavy atom. The molecule has 1 fully saturated rings. The average Bonchev–Trinajstić information content (AvgIpc) is 2.84. The molecule has 1 saturated heterocycles. The van der Waals surface area contributed by atoms with Gasteiger partial charge in [0.05, 0.1) is 0 Å². The van der Waals surface area contributed by atoms with Gasteiger partial charge in [0, 0.05) is 25.2 Å². The minimum Gasteiger partial charge on any atom is -0.459 e. The number of benzene rings is 2. The summed E-state index contributed by atoms with van der Waals surface area (Å²) in [6, 6.07) is 13.6. The number of esters is 1. The Morgan fingerprint density at radius 2 is 1.79 bits per heavy atom. The highest BCUT2D eigenvalue weighted by Crippen LogP contribution is 2.32. The van der Waals surface area contributed by atoms with Crippen LogP contribution in [0.2, 0.25) is 0 Å². The first-order valence-electron chi connectivity index (χ1n) is 13.4. The van der Waals surface area contributed by atoms with Crippen LogP contribution in [0.3, 0.4) is 0 Å². The van der Waals surface area contributed by atoms with Crippen molar-refractivity contribution in [1.29, 1.82) is 0 Å². The van der Waals surface area contributed by atoms with Crippen molar-refractivity contribution in [2.45, 2.75) is 71.8 Å². The van der Waals surface area contributed by atoms with Crippen molar-refractivity contribution in [3.8, 4) is 0 Å². The van der Waals surface area contributed by atoms with Gasteiger partial charge in [0.25, 0.3) is 5.91 Å². The van der Waals surface area contributed by atoms with Crippen LogP contribution in [-0.4, -0.2) is 71.0 Å². The summed E-state index contributed by atoms with van der Waals surface area (Å²) in [4.78, 5) is 57.4. The van der Waals surface area contributed by atoms with Gasteiger partial charge in [0.2, 0.25) is 5.91 Å². The maximum Gasteiger partial charge on any atom is 0.410 e. The highest BCUT2D eigenvalue weighted by Gasteiger charge is 2.45. The van der Waals surface area contributed by atoms with E-state index in [4.69, 9.17) is 9.47 Å². The zero-order valence-corrected chi connectivity index (χ0v) is 23.3. The summed E-state index contributed by atoms with van der Waals surface area (Å²) in [6.45, 7) is 9.61. The van der Waals surface area contributed by atoms with Crippen LogP contribution in [-0.2, 0) is 36.9 Å². The monoisotopic (exact) mass is 535 g/mol. The first-order valence-corrected chi connectivity index (χ1v) is 13.4. The SMILES string of the molecule is CCN(C(=O)[C@@H]1CCN1C(=O)OCc1ccccc1)[C@H]1Cc2ccc(C)cc2N(CC(=O)OC(C)(C)C)C1=O. The zero-order chi connectivity index (χ0) is 28.3. The second-order valence-electron chi connectivity index (χ2n) is 11.0. The number of carbonyl (C=O) groups is 4. The Morgan fingerprint density at radius 1 is 1.08 bits per heavy atom. The van der Waals surface area contributed by atoms with Gasteiger partial charge in [-0.1, -0.05) is 42.5 Å². The van der Waals surface area contributed by atoms with Gasteiger partial charge in [0.15, 0.2) is 0 Å². The Kier molecular flexibility index (Phi) is 8.28. The molecule has 9 heteroatoms. The van der Waals surface area contributed by atoms with Crippen LogP contribution in [0.25, 0.3) is 0 Å². The first kappa shape index (κ1) is 28.1.